The smallest absolute Gasteiger partial charge is 0.225 e. The van der Waals surface area contributed by atoms with Crippen molar-refractivity contribution >= 4 is 32.5 Å². The van der Waals surface area contributed by atoms with Crippen LogP contribution in [0.25, 0.3) is 11.0 Å². The largest absolute Gasteiger partial charge is 0.385 e. The number of benzene rings is 2. The zero-order valence-corrected chi connectivity index (χ0v) is 15.0. The van der Waals surface area contributed by atoms with Crippen molar-refractivity contribution in [1.29, 1.82) is 0 Å². The SMILES string of the molecule is CC(O)c1nc2ccc(NC(=O)CCS(=O)(=O)c3ccccc3)cc2[nH]1. The Balaban J connectivity index is 1.65. The van der Waals surface area contributed by atoms with Crippen molar-refractivity contribution in [3.05, 3.63) is 54.4 Å². The van der Waals surface area contributed by atoms with E-state index in [-0.39, 0.29) is 23.0 Å². The van der Waals surface area contributed by atoms with Crippen LogP contribution >= 0.6 is 0 Å². The molecule has 0 saturated carbocycles. The summed E-state index contributed by atoms with van der Waals surface area (Å²) in [6.45, 7) is 1.60. The first kappa shape index (κ1) is 18.1. The van der Waals surface area contributed by atoms with Gasteiger partial charge in [0.2, 0.25) is 5.91 Å². The summed E-state index contributed by atoms with van der Waals surface area (Å²) in [6, 6.07) is 13.1. The average molecular weight is 373 g/mol. The van der Waals surface area contributed by atoms with E-state index in [0.29, 0.717) is 22.5 Å². The molecule has 1 unspecified atom stereocenters. The highest BCUT2D eigenvalue weighted by Crippen LogP contribution is 2.20. The molecule has 0 radical (unpaired) electrons. The van der Waals surface area contributed by atoms with Crippen LogP contribution < -0.4 is 5.32 Å². The van der Waals surface area contributed by atoms with E-state index in [4.69, 9.17) is 0 Å². The molecule has 0 saturated heterocycles. The third kappa shape index (κ3) is 4.09. The highest BCUT2D eigenvalue weighted by atomic mass is 32.2. The van der Waals surface area contributed by atoms with E-state index < -0.39 is 15.9 Å². The molecule has 3 rings (SSSR count). The highest BCUT2D eigenvalue weighted by Gasteiger charge is 2.16. The number of amides is 1. The zero-order chi connectivity index (χ0) is 18.7. The van der Waals surface area contributed by atoms with E-state index in [9.17, 15) is 18.3 Å². The van der Waals surface area contributed by atoms with Gasteiger partial charge in [0.05, 0.1) is 21.7 Å². The molecule has 136 valence electrons. The van der Waals surface area contributed by atoms with Gasteiger partial charge in [0.15, 0.2) is 9.84 Å². The molecule has 0 aliphatic heterocycles. The lowest BCUT2D eigenvalue weighted by Crippen LogP contribution is -2.17. The first-order valence-corrected chi connectivity index (χ1v) is 9.76. The standard InChI is InChI=1S/C18H19N3O4S/c1-12(22)18-20-15-8-7-13(11-16(15)21-18)19-17(23)9-10-26(24,25)14-5-3-2-4-6-14/h2-8,11-12,22H,9-10H2,1H3,(H,19,23)(H,20,21). The number of aliphatic hydroxyl groups is 1. The van der Waals surface area contributed by atoms with Crippen LogP contribution in [0.5, 0.6) is 0 Å². The second-order valence-corrected chi connectivity index (χ2v) is 8.07. The van der Waals surface area contributed by atoms with Gasteiger partial charge >= 0.3 is 0 Å². The number of aromatic amines is 1. The summed E-state index contributed by atoms with van der Waals surface area (Å²) in [5.41, 5.74) is 1.88. The molecule has 3 N–H and O–H groups in total. The maximum Gasteiger partial charge on any atom is 0.225 e. The lowest BCUT2D eigenvalue weighted by atomic mass is 10.2. The lowest BCUT2D eigenvalue weighted by Gasteiger charge is -2.06. The van der Waals surface area contributed by atoms with Crippen LogP contribution in [0.3, 0.4) is 0 Å². The predicted molar refractivity (Wildman–Crippen MR) is 98.5 cm³/mol. The Bertz CT molecular complexity index is 1030. The minimum Gasteiger partial charge on any atom is -0.385 e. The fourth-order valence-electron chi connectivity index (χ4n) is 2.50. The second-order valence-electron chi connectivity index (χ2n) is 5.96. The number of imidazole rings is 1. The Labute approximate surface area is 151 Å². The fourth-order valence-corrected chi connectivity index (χ4v) is 3.76. The second kappa shape index (κ2) is 7.27. The number of carbonyl (C=O) groups excluding carboxylic acids is 1. The van der Waals surface area contributed by atoms with Gasteiger partial charge in [-0.25, -0.2) is 13.4 Å². The molecule has 1 atom stereocenters. The number of aliphatic hydroxyl groups excluding tert-OH is 1. The van der Waals surface area contributed by atoms with Gasteiger partial charge in [0.25, 0.3) is 0 Å². The van der Waals surface area contributed by atoms with E-state index in [1.54, 1.807) is 43.3 Å². The molecule has 0 aliphatic rings. The number of H-pyrrole nitrogens is 1. The van der Waals surface area contributed by atoms with Crippen LogP contribution in [0.4, 0.5) is 5.69 Å². The first-order valence-electron chi connectivity index (χ1n) is 8.10. The van der Waals surface area contributed by atoms with Crippen molar-refractivity contribution in [2.24, 2.45) is 0 Å². The summed E-state index contributed by atoms with van der Waals surface area (Å²) in [4.78, 5) is 19.5. The molecular formula is C18H19N3O4S. The Kier molecular flexibility index (Phi) is 5.06. The van der Waals surface area contributed by atoms with Gasteiger partial charge in [0.1, 0.15) is 11.9 Å². The molecule has 7 nitrogen and oxygen atoms in total. The molecule has 26 heavy (non-hydrogen) atoms. The maximum atomic E-state index is 12.2. The van der Waals surface area contributed by atoms with Gasteiger partial charge in [-0.3, -0.25) is 4.79 Å². The topological polar surface area (TPSA) is 112 Å². The fraction of sp³-hybridized carbons (Fsp3) is 0.222. The molecule has 0 fully saturated rings. The van der Waals surface area contributed by atoms with Crippen molar-refractivity contribution in [2.75, 3.05) is 11.1 Å². The average Bonchev–Trinajstić information content (AvgIpc) is 3.05. The van der Waals surface area contributed by atoms with E-state index in [2.05, 4.69) is 15.3 Å². The molecule has 8 heteroatoms. The summed E-state index contributed by atoms with van der Waals surface area (Å²) in [5, 5.41) is 12.2. The molecule has 1 heterocycles. The summed E-state index contributed by atoms with van der Waals surface area (Å²) in [7, 11) is -3.49. The van der Waals surface area contributed by atoms with Crippen LogP contribution in [0.1, 0.15) is 25.3 Å². The maximum absolute atomic E-state index is 12.2. The van der Waals surface area contributed by atoms with Crippen molar-refractivity contribution in [2.45, 2.75) is 24.3 Å². The molecule has 1 amide bonds. The first-order chi connectivity index (χ1) is 12.3. The molecule has 0 bridgehead atoms. The van der Waals surface area contributed by atoms with Gasteiger partial charge in [0, 0.05) is 12.1 Å². The van der Waals surface area contributed by atoms with Crippen molar-refractivity contribution in [3.8, 4) is 0 Å². The van der Waals surface area contributed by atoms with Crippen LogP contribution in [-0.4, -0.2) is 35.2 Å². The van der Waals surface area contributed by atoms with E-state index >= 15 is 0 Å². The Morgan fingerprint density at radius 2 is 1.96 bits per heavy atom. The van der Waals surface area contributed by atoms with Crippen LogP contribution in [-0.2, 0) is 14.6 Å². The van der Waals surface area contributed by atoms with E-state index in [0.717, 1.165) is 0 Å². The van der Waals surface area contributed by atoms with Gasteiger partial charge in [-0.15, -0.1) is 0 Å². The third-order valence-electron chi connectivity index (χ3n) is 3.88. The molecule has 0 aliphatic carbocycles. The quantitative estimate of drug-likeness (QED) is 0.614. The van der Waals surface area contributed by atoms with Crippen LogP contribution in [0, 0.1) is 0 Å². The van der Waals surface area contributed by atoms with E-state index in [1.807, 2.05) is 0 Å². The number of nitrogens with zero attached hydrogens (tertiary/aromatic N) is 1. The number of rotatable bonds is 6. The van der Waals surface area contributed by atoms with Crippen LogP contribution in [0.15, 0.2) is 53.4 Å². The van der Waals surface area contributed by atoms with Crippen molar-refractivity contribution in [3.63, 3.8) is 0 Å². The van der Waals surface area contributed by atoms with Crippen molar-refractivity contribution in [1.82, 2.24) is 9.97 Å². The number of sulfone groups is 1. The molecule has 3 aromatic rings. The number of fused-ring (bicyclic) bond motifs is 1. The summed E-state index contributed by atoms with van der Waals surface area (Å²) < 4.78 is 24.4. The molecule has 1 aromatic heterocycles. The lowest BCUT2D eigenvalue weighted by molar-refractivity contribution is -0.115. The summed E-state index contributed by atoms with van der Waals surface area (Å²) in [5.74, 6) is -0.210. The Morgan fingerprint density at radius 3 is 2.65 bits per heavy atom. The third-order valence-corrected chi connectivity index (χ3v) is 5.61. The Morgan fingerprint density at radius 1 is 1.23 bits per heavy atom. The minimum absolute atomic E-state index is 0.142. The molecular weight excluding hydrogens is 354 g/mol. The van der Waals surface area contributed by atoms with Crippen LogP contribution in [0.2, 0.25) is 0 Å². The number of aromatic nitrogens is 2. The minimum atomic E-state index is -3.49. The van der Waals surface area contributed by atoms with Gasteiger partial charge in [-0.05, 0) is 37.3 Å². The predicted octanol–water partition coefficient (Wildman–Crippen LogP) is 2.42. The summed E-state index contributed by atoms with van der Waals surface area (Å²) >= 11 is 0. The monoisotopic (exact) mass is 373 g/mol. The normalized spacial score (nSPS) is 12.8. The number of hydrogen-bond acceptors (Lipinski definition) is 5. The highest BCUT2D eigenvalue weighted by molar-refractivity contribution is 7.91. The molecule has 0 spiro atoms. The number of nitrogens with one attached hydrogen (secondary N) is 2. The Hall–Kier alpha value is -2.71. The van der Waals surface area contributed by atoms with Gasteiger partial charge < -0.3 is 15.4 Å². The summed E-state index contributed by atoms with van der Waals surface area (Å²) in [6.07, 6.45) is -0.861. The van der Waals surface area contributed by atoms with Gasteiger partial charge in [-0.1, -0.05) is 18.2 Å². The van der Waals surface area contributed by atoms with Gasteiger partial charge in [-0.2, -0.15) is 0 Å². The zero-order valence-electron chi connectivity index (χ0n) is 14.1. The number of carbonyl (C=O) groups is 1. The number of anilines is 1. The number of hydrogen-bond donors (Lipinski definition) is 3. The molecule has 2 aromatic carbocycles. The van der Waals surface area contributed by atoms with Crippen molar-refractivity contribution < 1.29 is 18.3 Å². The van der Waals surface area contributed by atoms with E-state index in [1.165, 1.54) is 12.1 Å².